The standard InChI is InChI=1S/C4H12N4/c5-3-1-4(6)8-2-7-3/h3-4,7-8H,1-2,5-6H2. The Morgan fingerprint density at radius 1 is 1.12 bits per heavy atom. The highest BCUT2D eigenvalue weighted by atomic mass is 15.2. The lowest BCUT2D eigenvalue weighted by atomic mass is 10.2. The molecule has 48 valence electrons. The van der Waals surface area contributed by atoms with E-state index in [4.69, 9.17) is 11.5 Å². The number of hydrogen-bond donors (Lipinski definition) is 4. The zero-order valence-corrected chi connectivity index (χ0v) is 4.72. The predicted octanol–water partition coefficient (Wildman–Crippen LogP) is -1.90. The molecule has 0 saturated carbocycles. The van der Waals surface area contributed by atoms with Gasteiger partial charge in [-0.15, -0.1) is 0 Å². The van der Waals surface area contributed by atoms with Crippen LogP contribution in [0, 0.1) is 0 Å². The summed E-state index contributed by atoms with van der Waals surface area (Å²) in [5.74, 6) is 0. The summed E-state index contributed by atoms with van der Waals surface area (Å²) in [7, 11) is 0. The third kappa shape index (κ3) is 1.41. The lowest BCUT2D eigenvalue weighted by Crippen LogP contribution is -2.57. The largest absolute Gasteiger partial charge is 0.316 e. The predicted molar refractivity (Wildman–Crippen MR) is 31.7 cm³/mol. The van der Waals surface area contributed by atoms with E-state index in [2.05, 4.69) is 10.6 Å². The van der Waals surface area contributed by atoms with Crippen LogP contribution in [0.3, 0.4) is 0 Å². The van der Waals surface area contributed by atoms with Gasteiger partial charge in [-0.25, -0.2) is 0 Å². The van der Waals surface area contributed by atoms with Crippen LogP contribution in [-0.2, 0) is 0 Å². The van der Waals surface area contributed by atoms with Crippen molar-refractivity contribution in [3.8, 4) is 0 Å². The number of hydrogen-bond acceptors (Lipinski definition) is 4. The molecule has 1 aliphatic heterocycles. The lowest BCUT2D eigenvalue weighted by Gasteiger charge is -2.25. The first-order valence-electron chi connectivity index (χ1n) is 2.77. The molecule has 1 saturated heterocycles. The van der Waals surface area contributed by atoms with E-state index >= 15 is 0 Å². The van der Waals surface area contributed by atoms with E-state index in [1.54, 1.807) is 0 Å². The SMILES string of the molecule is NC1CC(N)NCN1. The molecular weight excluding hydrogens is 104 g/mol. The molecule has 1 rings (SSSR count). The number of nitrogens with two attached hydrogens (primary N) is 2. The van der Waals surface area contributed by atoms with Crippen LogP contribution < -0.4 is 22.1 Å². The van der Waals surface area contributed by atoms with Crippen molar-refractivity contribution in [1.29, 1.82) is 0 Å². The van der Waals surface area contributed by atoms with Crippen molar-refractivity contribution in [3.63, 3.8) is 0 Å². The van der Waals surface area contributed by atoms with Gasteiger partial charge in [-0.2, -0.15) is 0 Å². The van der Waals surface area contributed by atoms with Crippen LogP contribution in [0.5, 0.6) is 0 Å². The van der Waals surface area contributed by atoms with E-state index < -0.39 is 0 Å². The van der Waals surface area contributed by atoms with Crippen LogP contribution in [0.1, 0.15) is 6.42 Å². The Morgan fingerprint density at radius 2 is 1.62 bits per heavy atom. The molecule has 2 atom stereocenters. The summed E-state index contributed by atoms with van der Waals surface area (Å²) in [5, 5.41) is 6.00. The second-order valence-corrected chi connectivity index (χ2v) is 2.03. The molecule has 0 amide bonds. The first kappa shape index (κ1) is 5.97. The van der Waals surface area contributed by atoms with Crippen LogP contribution in [0.15, 0.2) is 0 Å². The summed E-state index contributed by atoms with van der Waals surface area (Å²) in [4.78, 5) is 0. The molecule has 1 fully saturated rings. The Morgan fingerprint density at radius 3 is 1.88 bits per heavy atom. The molecule has 8 heavy (non-hydrogen) atoms. The molecule has 6 N–H and O–H groups in total. The van der Waals surface area contributed by atoms with E-state index in [0.29, 0.717) is 0 Å². The van der Waals surface area contributed by atoms with Crippen LogP contribution in [0.25, 0.3) is 0 Å². The van der Waals surface area contributed by atoms with Gasteiger partial charge in [0, 0.05) is 13.1 Å². The zero-order chi connectivity index (χ0) is 5.98. The molecule has 4 nitrogen and oxygen atoms in total. The fraction of sp³-hybridized carbons (Fsp3) is 1.00. The second kappa shape index (κ2) is 2.41. The third-order valence-electron chi connectivity index (χ3n) is 1.24. The topological polar surface area (TPSA) is 76.1 Å². The molecule has 0 radical (unpaired) electrons. The molecule has 4 heteroatoms. The van der Waals surface area contributed by atoms with Crippen molar-refractivity contribution in [1.82, 2.24) is 10.6 Å². The monoisotopic (exact) mass is 116 g/mol. The minimum Gasteiger partial charge on any atom is -0.316 e. The average Bonchev–Trinajstić information content (AvgIpc) is 1.64. The first-order valence-corrected chi connectivity index (χ1v) is 2.77. The molecule has 0 aromatic rings. The number of nitrogens with one attached hydrogen (secondary N) is 2. The smallest absolute Gasteiger partial charge is 0.0584 e. The number of rotatable bonds is 0. The van der Waals surface area contributed by atoms with Gasteiger partial charge >= 0.3 is 0 Å². The van der Waals surface area contributed by atoms with E-state index in [1.165, 1.54) is 0 Å². The Kier molecular flexibility index (Phi) is 1.80. The normalized spacial score (nSPS) is 39.8. The molecule has 0 aliphatic carbocycles. The molecule has 1 aliphatic rings. The van der Waals surface area contributed by atoms with Crippen LogP contribution >= 0.6 is 0 Å². The van der Waals surface area contributed by atoms with Gasteiger partial charge in [-0.3, -0.25) is 10.6 Å². The van der Waals surface area contributed by atoms with Gasteiger partial charge in [0.2, 0.25) is 0 Å². The van der Waals surface area contributed by atoms with Crippen LogP contribution in [0.2, 0.25) is 0 Å². The highest BCUT2D eigenvalue weighted by Gasteiger charge is 2.12. The fourth-order valence-corrected chi connectivity index (χ4v) is 0.761. The van der Waals surface area contributed by atoms with Gasteiger partial charge < -0.3 is 11.5 Å². The maximum Gasteiger partial charge on any atom is 0.0584 e. The van der Waals surface area contributed by atoms with Crippen molar-refractivity contribution in [2.75, 3.05) is 6.67 Å². The Balaban J connectivity index is 2.23. The quantitative estimate of drug-likeness (QED) is 0.298. The average molecular weight is 116 g/mol. The van der Waals surface area contributed by atoms with Crippen LogP contribution in [-0.4, -0.2) is 19.0 Å². The van der Waals surface area contributed by atoms with Gasteiger partial charge in [-0.1, -0.05) is 0 Å². The Labute approximate surface area is 48.6 Å². The first-order chi connectivity index (χ1) is 3.79. The fourth-order valence-electron chi connectivity index (χ4n) is 0.761. The van der Waals surface area contributed by atoms with Crippen molar-refractivity contribution in [3.05, 3.63) is 0 Å². The maximum atomic E-state index is 5.49. The van der Waals surface area contributed by atoms with E-state index in [-0.39, 0.29) is 12.3 Å². The van der Waals surface area contributed by atoms with E-state index in [1.807, 2.05) is 0 Å². The summed E-state index contributed by atoms with van der Waals surface area (Å²) in [6.45, 7) is 0.725. The Hall–Kier alpha value is -0.160. The summed E-state index contributed by atoms with van der Waals surface area (Å²) >= 11 is 0. The van der Waals surface area contributed by atoms with Crippen molar-refractivity contribution in [2.24, 2.45) is 11.5 Å². The zero-order valence-electron chi connectivity index (χ0n) is 4.72. The molecule has 0 aromatic carbocycles. The molecule has 0 bridgehead atoms. The van der Waals surface area contributed by atoms with Gasteiger partial charge in [0.05, 0.1) is 12.3 Å². The molecule has 0 spiro atoms. The summed E-state index contributed by atoms with van der Waals surface area (Å²) in [6, 6.07) is 0. The minimum atomic E-state index is 0.0752. The van der Waals surface area contributed by atoms with Crippen LogP contribution in [0.4, 0.5) is 0 Å². The summed E-state index contributed by atoms with van der Waals surface area (Å²) in [6.07, 6.45) is 0.956. The van der Waals surface area contributed by atoms with Gasteiger partial charge in [0.25, 0.3) is 0 Å². The second-order valence-electron chi connectivity index (χ2n) is 2.03. The highest BCUT2D eigenvalue weighted by Crippen LogP contribution is 1.89. The summed E-state index contributed by atoms with van der Waals surface area (Å²) in [5.41, 5.74) is 11.0. The highest BCUT2D eigenvalue weighted by molar-refractivity contribution is 4.71. The van der Waals surface area contributed by atoms with Crippen molar-refractivity contribution >= 4 is 0 Å². The van der Waals surface area contributed by atoms with Crippen molar-refractivity contribution < 1.29 is 0 Å². The Bertz CT molecular complexity index is 66.4. The van der Waals surface area contributed by atoms with E-state index in [0.717, 1.165) is 13.1 Å². The third-order valence-corrected chi connectivity index (χ3v) is 1.24. The van der Waals surface area contributed by atoms with Gasteiger partial charge in [0.15, 0.2) is 0 Å². The summed E-state index contributed by atoms with van der Waals surface area (Å²) < 4.78 is 0. The molecule has 2 unspecified atom stereocenters. The molecule has 0 aromatic heterocycles. The maximum absolute atomic E-state index is 5.49. The molecular formula is C4H12N4. The van der Waals surface area contributed by atoms with Gasteiger partial charge in [-0.05, 0) is 0 Å². The van der Waals surface area contributed by atoms with Gasteiger partial charge in [0.1, 0.15) is 0 Å². The van der Waals surface area contributed by atoms with E-state index in [9.17, 15) is 0 Å². The lowest BCUT2D eigenvalue weighted by molar-refractivity contribution is 0.325. The van der Waals surface area contributed by atoms with Crippen molar-refractivity contribution in [2.45, 2.75) is 18.8 Å². The molecule has 1 heterocycles. The minimum absolute atomic E-state index is 0.0752.